The molecule has 118 valence electrons. The summed E-state index contributed by atoms with van der Waals surface area (Å²) in [5, 5.41) is 10.6. The minimum atomic E-state index is -0.202. The maximum atomic E-state index is 12.5. The van der Waals surface area contributed by atoms with Crippen molar-refractivity contribution >= 4 is 17.4 Å². The van der Waals surface area contributed by atoms with Gasteiger partial charge < -0.3 is 15.5 Å². The van der Waals surface area contributed by atoms with Crippen molar-refractivity contribution < 1.29 is 4.79 Å². The molecule has 2 aliphatic heterocycles. The molecule has 4 heterocycles. The second kappa shape index (κ2) is 5.75. The Morgan fingerprint density at radius 1 is 1.26 bits per heavy atom. The molecule has 1 fully saturated rings. The zero-order valence-electron chi connectivity index (χ0n) is 12.7. The van der Waals surface area contributed by atoms with E-state index in [-0.39, 0.29) is 5.91 Å². The Bertz CT molecular complexity index is 800. The molecule has 0 saturated carbocycles. The summed E-state index contributed by atoms with van der Waals surface area (Å²) >= 11 is 0. The summed E-state index contributed by atoms with van der Waals surface area (Å²) in [6.45, 7) is 2.63. The average molecular weight is 310 g/mol. The fourth-order valence-electron chi connectivity index (χ4n) is 2.89. The number of rotatable bonds is 3. The molecule has 2 aromatic heterocycles. The minimum absolute atomic E-state index is 0.202. The van der Waals surface area contributed by atoms with Gasteiger partial charge in [0.05, 0.1) is 12.7 Å². The highest BCUT2D eigenvalue weighted by molar-refractivity contribution is 5.94. The molecule has 0 unspecified atom stereocenters. The SMILES string of the molecule is O=C(NC1=CC=CNC1)c1cnc2ccc(N3CCCC3)nn12. The second-order valence-corrected chi connectivity index (χ2v) is 5.69. The molecule has 0 radical (unpaired) electrons. The Kier molecular flexibility index (Phi) is 3.45. The topological polar surface area (TPSA) is 74.6 Å². The number of nitrogens with one attached hydrogen (secondary N) is 2. The quantitative estimate of drug-likeness (QED) is 0.887. The van der Waals surface area contributed by atoms with Crippen molar-refractivity contribution in [2.75, 3.05) is 24.5 Å². The maximum absolute atomic E-state index is 12.5. The van der Waals surface area contributed by atoms with Crippen LogP contribution in [0.2, 0.25) is 0 Å². The van der Waals surface area contributed by atoms with Crippen molar-refractivity contribution in [1.29, 1.82) is 0 Å². The number of dihydropyridines is 1. The van der Waals surface area contributed by atoms with Gasteiger partial charge in [0.1, 0.15) is 5.82 Å². The summed E-state index contributed by atoms with van der Waals surface area (Å²) in [6, 6.07) is 3.87. The van der Waals surface area contributed by atoms with E-state index in [1.54, 1.807) is 10.7 Å². The van der Waals surface area contributed by atoms with E-state index in [0.717, 1.165) is 24.6 Å². The molecule has 0 bridgehead atoms. The first kappa shape index (κ1) is 13.8. The molecular weight excluding hydrogens is 292 g/mol. The molecule has 2 N–H and O–H groups in total. The van der Waals surface area contributed by atoms with Crippen molar-refractivity contribution in [3.05, 3.63) is 48.1 Å². The van der Waals surface area contributed by atoms with Gasteiger partial charge in [-0.2, -0.15) is 0 Å². The van der Waals surface area contributed by atoms with Crippen LogP contribution in [-0.4, -0.2) is 40.1 Å². The van der Waals surface area contributed by atoms with Crippen LogP contribution in [-0.2, 0) is 0 Å². The summed E-state index contributed by atoms with van der Waals surface area (Å²) in [7, 11) is 0. The molecule has 0 spiro atoms. The van der Waals surface area contributed by atoms with Crippen molar-refractivity contribution in [2.45, 2.75) is 12.8 Å². The average Bonchev–Trinajstić information content (AvgIpc) is 3.25. The molecular formula is C16H18N6O. The van der Waals surface area contributed by atoms with Gasteiger partial charge in [0.15, 0.2) is 11.3 Å². The Labute approximate surface area is 133 Å². The van der Waals surface area contributed by atoms with Crippen LogP contribution in [0.4, 0.5) is 5.82 Å². The third-order valence-electron chi connectivity index (χ3n) is 4.09. The smallest absolute Gasteiger partial charge is 0.275 e. The van der Waals surface area contributed by atoms with Gasteiger partial charge in [-0.3, -0.25) is 4.79 Å². The summed E-state index contributed by atoms with van der Waals surface area (Å²) in [4.78, 5) is 19.0. The summed E-state index contributed by atoms with van der Waals surface area (Å²) in [6.07, 6.45) is 9.52. The third kappa shape index (κ3) is 2.65. The van der Waals surface area contributed by atoms with E-state index in [1.807, 2.05) is 30.5 Å². The van der Waals surface area contributed by atoms with Gasteiger partial charge in [-0.05, 0) is 43.3 Å². The molecule has 2 aliphatic rings. The number of anilines is 1. The fraction of sp³-hybridized carbons (Fsp3) is 0.312. The zero-order chi connectivity index (χ0) is 15.6. The molecule has 0 atom stereocenters. The number of carbonyl (C=O) groups is 1. The van der Waals surface area contributed by atoms with E-state index in [1.165, 1.54) is 12.8 Å². The standard InChI is InChI=1S/C16H18N6O/c23-16(19-12-4-3-7-17-10-12)13-11-18-14-5-6-15(20-22(13)14)21-8-1-2-9-21/h3-7,11,17H,1-2,8-10H2,(H,19,23). The first-order valence-corrected chi connectivity index (χ1v) is 7.81. The lowest BCUT2D eigenvalue weighted by Gasteiger charge is -2.16. The largest absolute Gasteiger partial charge is 0.385 e. The lowest BCUT2D eigenvalue weighted by Crippen LogP contribution is -2.30. The highest BCUT2D eigenvalue weighted by Crippen LogP contribution is 2.18. The van der Waals surface area contributed by atoms with E-state index in [0.29, 0.717) is 17.9 Å². The highest BCUT2D eigenvalue weighted by atomic mass is 16.2. The molecule has 0 aliphatic carbocycles. The molecule has 7 nitrogen and oxygen atoms in total. The van der Waals surface area contributed by atoms with Crippen LogP contribution in [0.25, 0.3) is 5.65 Å². The van der Waals surface area contributed by atoms with Crippen LogP contribution in [0, 0.1) is 0 Å². The van der Waals surface area contributed by atoms with Crippen LogP contribution in [0.3, 0.4) is 0 Å². The lowest BCUT2D eigenvalue weighted by molar-refractivity contribution is 0.0958. The van der Waals surface area contributed by atoms with Crippen molar-refractivity contribution in [3.63, 3.8) is 0 Å². The first-order valence-electron chi connectivity index (χ1n) is 7.81. The number of imidazole rings is 1. The van der Waals surface area contributed by atoms with E-state index in [9.17, 15) is 4.79 Å². The van der Waals surface area contributed by atoms with Gasteiger partial charge in [-0.15, -0.1) is 5.10 Å². The number of hydrogen-bond donors (Lipinski definition) is 2. The van der Waals surface area contributed by atoms with Gasteiger partial charge in [0, 0.05) is 18.8 Å². The van der Waals surface area contributed by atoms with Crippen molar-refractivity contribution in [1.82, 2.24) is 25.2 Å². The van der Waals surface area contributed by atoms with Crippen LogP contribution < -0.4 is 15.5 Å². The van der Waals surface area contributed by atoms with Crippen LogP contribution in [0.5, 0.6) is 0 Å². The third-order valence-corrected chi connectivity index (χ3v) is 4.09. The zero-order valence-corrected chi connectivity index (χ0v) is 12.7. The summed E-state index contributed by atoms with van der Waals surface area (Å²) < 4.78 is 1.62. The second-order valence-electron chi connectivity index (χ2n) is 5.69. The Balaban J connectivity index is 1.63. The van der Waals surface area contributed by atoms with Gasteiger partial charge in [0.25, 0.3) is 5.91 Å². The van der Waals surface area contributed by atoms with Crippen molar-refractivity contribution in [2.24, 2.45) is 0 Å². The van der Waals surface area contributed by atoms with Gasteiger partial charge in [0.2, 0.25) is 0 Å². The van der Waals surface area contributed by atoms with Crippen LogP contribution in [0.1, 0.15) is 23.3 Å². The highest BCUT2D eigenvalue weighted by Gasteiger charge is 2.18. The van der Waals surface area contributed by atoms with E-state index >= 15 is 0 Å². The van der Waals surface area contributed by atoms with Gasteiger partial charge in [-0.25, -0.2) is 9.50 Å². The minimum Gasteiger partial charge on any atom is -0.385 e. The number of nitrogens with zero attached hydrogens (tertiary/aromatic N) is 4. The first-order chi connectivity index (χ1) is 11.3. The number of amides is 1. The molecule has 7 heteroatoms. The normalized spacial score (nSPS) is 17.2. The Morgan fingerprint density at radius 2 is 2.13 bits per heavy atom. The van der Waals surface area contributed by atoms with Crippen LogP contribution in [0.15, 0.2) is 42.4 Å². The number of allylic oxidation sites excluding steroid dienone is 2. The monoisotopic (exact) mass is 310 g/mol. The Morgan fingerprint density at radius 3 is 2.91 bits per heavy atom. The van der Waals surface area contributed by atoms with Gasteiger partial charge >= 0.3 is 0 Å². The fourth-order valence-corrected chi connectivity index (χ4v) is 2.89. The van der Waals surface area contributed by atoms with Crippen LogP contribution >= 0.6 is 0 Å². The van der Waals surface area contributed by atoms with E-state index < -0.39 is 0 Å². The van der Waals surface area contributed by atoms with E-state index in [2.05, 4.69) is 25.6 Å². The predicted octanol–water partition coefficient (Wildman–Crippen LogP) is 1.06. The molecule has 1 amide bonds. The molecule has 4 rings (SSSR count). The molecule has 2 aromatic rings. The molecule has 0 aromatic carbocycles. The molecule has 1 saturated heterocycles. The number of fused-ring (bicyclic) bond motifs is 1. The Hall–Kier alpha value is -2.83. The molecule has 23 heavy (non-hydrogen) atoms. The number of carbonyl (C=O) groups excluding carboxylic acids is 1. The van der Waals surface area contributed by atoms with Gasteiger partial charge in [-0.1, -0.05) is 0 Å². The number of hydrogen-bond acceptors (Lipinski definition) is 5. The predicted molar refractivity (Wildman–Crippen MR) is 87.1 cm³/mol. The summed E-state index contributed by atoms with van der Waals surface area (Å²) in [5.74, 6) is 0.690. The van der Waals surface area contributed by atoms with Crippen molar-refractivity contribution in [3.8, 4) is 0 Å². The lowest BCUT2D eigenvalue weighted by atomic mass is 10.3. The number of aromatic nitrogens is 3. The maximum Gasteiger partial charge on any atom is 0.275 e. The van der Waals surface area contributed by atoms with E-state index in [4.69, 9.17) is 0 Å². The summed E-state index contributed by atoms with van der Waals surface area (Å²) in [5.41, 5.74) is 1.94.